The van der Waals surface area contributed by atoms with Crippen molar-refractivity contribution in [1.29, 1.82) is 0 Å². The van der Waals surface area contributed by atoms with E-state index in [1.165, 1.54) is 0 Å². The van der Waals surface area contributed by atoms with E-state index in [1.54, 1.807) is 18.0 Å². The zero-order chi connectivity index (χ0) is 16.9. The van der Waals surface area contributed by atoms with Crippen LogP contribution < -0.4 is 10.6 Å². The number of fused-ring (bicyclic) bond motifs is 1. The molecule has 3 aromatic rings. The van der Waals surface area contributed by atoms with Crippen molar-refractivity contribution in [3.8, 4) is 0 Å². The lowest BCUT2D eigenvalue weighted by molar-refractivity contribution is 0.249. The molecule has 3 N–H and O–H groups in total. The van der Waals surface area contributed by atoms with E-state index in [2.05, 4.69) is 32.5 Å². The molecular formula is C17H19N5OS. The van der Waals surface area contributed by atoms with Gasteiger partial charge in [-0.15, -0.1) is 11.8 Å². The van der Waals surface area contributed by atoms with Crippen LogP contribution in [-0.4, -0.2) is 26.7 Å². The lowest BCUT2D eigenvalue weighted by Crippen LogP contribution is -2.31. The van der Waals surface area contributed by atoms with E-state index in [-0.39, 0.29) is 12.1 Å². The number of amides is 2. The first-order valence-electron chi connectivity index (χ1n) is 7.76. The van der Waals surface area contributed by atoms with Crippen LogP contribution >= 0.6 is 11.8 Å². The number of anilines is 1. The van der Waals surface area contributed by atoms with Crippen LogP contribution in [0.2, 0.25) is 0 Å². The van der Waals surface area contributed by atoms with Crippen molar-refractivity contribution in [2.75, 3.05) is 11.1 Å². The van der Waals surface area contributed by atoms with Gasteiger partial charge in [-0.25, -0.2) is 14.8 Å². The van der Waals surface area contributed by atoms with Gasteiger partial charge in [0, 0.05) is 0 Å². The van der Waals surface area contributed by atoms with Gasteiger partial charge < -0.3 is 15.6 Å². The summed E-state index contributed by atoms with van der Waals surface area (Å²) in [5, 5.41) is 6.59. The van der Waals surface area contributed by atoms with Gasteiger partial charge in [-0.2, -0.15) is 0 Å². The molecule has 2 amide bonds. The van der Waals surface area contributed by atoms with Crippen LogP contribution in [0.4, 0.5) is 10.5 Å². The Balaban J connectivity index is 1.61. The number of hydrogen-bond donors (Lipinski definition) is 3. The van der Waals surface area contributed by atoms with Crippen molar-refractivity contribution in [3.05, 3.63) is 48.4 Å². The summed E-state index contributed by atoms with van der Waals surface area (Å²) in [6, 6.07) is 11.0. The van der Waals surface area contributed by atoms with Crippen LogP contribution in [0.15, 0.2) is 47.6 Å². The van der Waals surface area contributed by atoms with E-state index < -0.39 is 0 Å². The highest BCUT2D eigenvalue weighted by Crippen LogP contribution is 2.17. The quantitative estimate of drug-likeness (QED) is 0.614. The first-order valence-corrected chi connectivity index (χ1v) is 8.75. The van der Waals surface area contributed by atoms with Gasteiger partial charge in [0.05, 0.1) is 34.0 Å². The molecule has 0 aliphatic carbocycles. The maximum absolute atomic E-state index is 12.1. The summed E-state index contributed by atoms with van der Waals surface area (Å²) in [5.41, 5.74) is 2.49. The Kier molecular flexibility index (Phi) is 5.00. The number of benzene rings is 1. The fourth-order valence-electron chi connectivity index (χ4n) is 2.30. The summed E-state index contributed by atoms with van der Waals surface area (Å²) in [4.78, 5) is 24.1. The number of aromatic amines is 1. The third-order valence-electron chi connectivity index (χ3n) is 3.45. The molecule has 0 spiro atoms. The Bertz CT molecular complexity index is 797. The van der Waals surface area contributed by atoms with Gasteiger partial charge in [-0.05, 0) is 36.9 Å². The molecule has 24 heavy (non-hydrogen) atoms. The number of imidazole rings is 1. The molecule has 0 saturated carbocycles. The van der Waals surface area contributed by atoms with E-state index >= 15 is 0 Å². The minimum atomic E-state index is -0.291. The lowest BCUT2D eigenvalue weighted by atomic mass is 10.3. The van der Waals surface area contributed by atoms with Gasteiger partial charge in [0.25, 0.3) is 0 Å². The molecule has 1 unspecified atom stereocenters. The number of thioether (sulfide) groups is 1. The minimum absolute atomic E-state index is 0.236. The lowest BCUT2D eigenvalue weighted by Gasteiger charge is -2.12. The molecule has 1 aromatic carbocycles. The number of pyridine rings is 1. The van der Waals surface area contributed by atoms with Crippen LogP contribution in [0.1, 0.15) is 25.7 Å². The van der Waals surface area contributed by atoms with Gasteiger partial charge in [0.2, 0.25) is 0 Å². The fraction of sp³-hybridized carbons (Fsp3) is 0.235. The molecule has 6 nitrogen and oxygen atoms in total. The van der Waals surface area contributed by atoms with E-state index in [1.807, 2.05) is 43.3 Å². The smallest absolute Gasteiger partial charge is 0.319 e. The number of H-pyrrole nitrogens is 1. The number of hydrogen-bond acceptors (Lipinski definition) is 4. The molecule has 2 aromatic heterocycles. The van der Waals surface area contributed by atoms with Crippen molar-refractivity contribution in [2.24, 2.45) is 0 Å². The van der Waals surface area contributed by atoms with E-state index in [4.69, 9.17) is 0 Å². The number of rotatable bonds is 5. The number of aromatic nitrogens is 3. The summed E-state index contributed by atoms with van der Waals surface area (Å²) < 4.78 is 0. The molecule has 0 bridgehead atoms. The van der Waals surface area contributed by atoms with E-state index in [0.29, 0.717) is 5.69 Å². The third kappa shape index (κ3) is 3.86. The topological polar surface area (TPSA) is 82.7 Å². The van der Waals surface area contributed by atoms with Crippen LogP contribution in [0.5, 0.6) is 0 Å². The Morgan fingerprint density at radius 1 is 1.29 bits per heavy atom. The number of carbonyl (C=O) groups is 1. The number of nitrogens with one attached hydrogen (secondary N) is 3. The predicted molar refractivity (Wildman–Crippen MR) is 97.3 cm³/mol. The molecule has 1 atom stereocenters. The minimum Gasteiger partial charge on any atom is -0.340 e. The van der Waals surface area contributed by atoms with Crippen molar-refractivity contribution < 1.29 is 4.79 Å². The van der Waals surface area contributed by atoms with Gasteiger partial charge >= 0.3 is 6.03 Å². The zero-order valence-corrected chi connectivity index (χ0v) is 14.4. The zero-order valence-electron chi connectivity index (χ0n) is 13.5. The van der Waals surface area contributed by atoms with Crippen LogP contribution in [0, 0.1) is 0 Å². The highest BCUT2D eigenvalue weighted by molar-refractivity contribution is 7.99. The summed E-state index contributed by atoms with van der Waals surface area (Å²) >= 11 is 1.66. The Morgan fingerprint density at radius 2 is 2.12 bits per heavy atom. The van der Waals surface area contributed by atoms with Crippen molar-refractivity contribution in [3.63, 3.8) is 0 Å². The number of nitrogens with zero attached hydrogens (tertiary/aromatic N) is 2. The second-order valence-corrected chi connectivity index (χ2v) is 6.56. The number of carbonyl (C=O) groups excluding carboxylic acids is 1. The SMILES string of the molecule is CCSc1ccc(NC(=O)NC(C)c2nc3ccccc3[nH]2)cn1. The standard InChI is InChI=1S/C17H19N5OS/c1-3-24-15-9-8-12(10-18-15)20-17(23)19-11(2)16-21-13-6-4-5-7-14(13)22-16/h4-11H,3H2,1-2H3,(H,21,22)(H2,19,20,23). The molecule has 2 heterocycles. The molecule has 124 valence electrons. The first kappa shape index (κ1) is 16.3. The molecule has 0 fully saturated rings. The predicted octanol–water partition coefficient (Wildman–Crippen LogP) is 3.95. The largest absolute Gasteiger partial charge is 0.340 e. The fourth-order valence-corrected chi connectivity index (χ4v) is 2.88. The molecule has 0 aliphatic rings. The summed E-state index contributed by atoms with van der Waals surface area (Å²) in [6.07, 6.45) is 1.66. The van der Waals surface area contributed by atoms with E-state index in [0.717, 1.165) is 27.6 Å². The summed E-state index contributed by atoms with van der Waals surface area (Å²) in [7, 11) is 0. The molecular weight excluding hydrogens is 322 g/mol. The van der Waals surface area contributed by atoms with Crippen molar-refractivity contribution in [1.82, 2.24) is 20.3 Å². The van der Waals surface area contributed by atoms with Crippen molar-refractivity contribution >= 4 is 34.5 Å². The maximum Gasteiger partial charge on any atom is 0.319 e. The van der Waals surface area contributed by atoms with E-state index in [9.17, 15) is 4.79 Å². The van der Waals surface area contributed by atoms with Gasteiger partial charge in [0.1, 0.15) is 5.82 Å². The number of urea groups is 1. The highest BCUT2D eigenvalue weighted by Gasteiger charge is 2.13. The normalized spacial score (nSPS) is 12.1. The molecule has 3 rings (SSSR count). The Morgan fingerprint density at radius 3 is 2.83 bits per heavy atom. The monoisotopic (exact) mass is 341 g/mol. The molecule has 0 radical (unpaired) electrons. The molecule has 0 aliphatic heterocycles. The second-order valence-electron chi connectivity index (χ2n) is 5.28. The summed E-state index contributed by atoms with van der Waals surface area (Å²) in [5.74, 6) is 1.69. The van der Waals surface area contributed by atoms with Crippen LogP contribution in [0.3, 0.4) is 0 Å². The first-order chi connectivity index (χ1) is 11.7. The van der Waals surface area contributed by atoms with Crippen LogP contribution in [0.25, 0.3) is 11.0 Å². The molecule has 7 heteroatoms. The Hall–Kier alpha value is -2.54. The maximum atomic E-state index is 12.1. The average molecular weight is 341 g/mol. The van der Waals surface area contributed by atoms with Crippen LogP contribution in [-0.2, 0) is 0 Å². The highest BCUT2D eigenvalue weighted by atomic mass is 32.2. The van der Waals surface area contributed by atoms with Gasteiger partial charge in [-0.3, -0.25) is 0 Å². The second kappa shape index (κ2) is 7.35. The third-order valence-corrected chi connectivity index (χ3v) is 4.28. The molecule has 0 saturated heterocycles. The number of para-hydroxylation sites is 2. The van der Waals surface area contributed by atoms with Gasteiger partial charge in [0.15, 0.2) is 0 Å². The van der Waals surface area contributed by atoms with Gasteiger partial charge in [-0.1, -0.05) is 19.1 Å². The van der Waals surface area contributed by atoms with Crippen molar-refractivity contribution in [2.45, 2.75) is 24.9 Å². The summed E-state index contributed by atoms with van der Waals surface area (Å²) in [6.45, 7) is 3.96. The average Bonchev–Trinajstić information content (AvgIpc) is 3.01. The Labute approximate surface area is 144 Å².